The Bertz CT molecular complexity index is 319. The molecule has 0 aromatic heterocycles. The van der Waals surface area contributed by atoms with Crippen LogP contribution in [0.1, 0.15) is 0 Å². The minimum Gasteiger partial charge on any atom is -0.323 e. The number of nitrogens with one attached hydrogen (secondary N) is 1. The first-order valence-electron chi connectivity index (χ1n) is 3.67. The molecule has 0 aliphatic heterocycles. The molecule has 0 spiro atoms. The first-order chi connectivity index (χ1) is 5.55. The molecule has 12 heavy (non-hydrogen) atoms. The fraction of sp³-hybridized carbons (Fsp3) is 0.250. The molecule has 0 amide bonds. The zero-order valence-electron chi connectivity index (χ0n) is 7.24. The first kappa shape index (κ1) is 9.30. The molecule has 0 bridgehead atoms. The molecule has 3 N–H and O–H groups in total. The summed E-state index contributed by atoms with van der Waals surface area (Å²) in [4.78, 5) is 0. The molecule has 0 saturated carbocycles. The van der Waals surface area contributed by atoms with E-state index < -0.39 is 7.14 Å². The summed E-state index contributed by atoms with van der Waals surface area (Å²) in [6.45, 7) is 3.45. The molecule has 1 aromatic carbocycles. The largest absolute Gasteiger partial charge is 0.323 e. The number of rotatable bonds is 2. The second kappa shape index (κ2) is 3.30. The fourth-order valence-corrected chi connectivity index (χ4v) is 2.23. The third-order valence-electron chi connectivity index (χ3n) is 1.64. The molecule has 0 radical (unpaired) electrons. The van der Waals surface area contributed by atoms with Gasteiger partial charge in [-0.05, 0) is 25.5 Å². The van der Waals surface area contributed by atoms with E-state index in [0.29, 0.717) is 0 Å². The lowest BCUT2D eigenvalue weighted by Crippen LogP contribution is -2.16. The van der Waals surface area contributed by atoms with Crippen LogP contribution in [0, 0.1) is 0 Å². The molecule has 0 unspecified atom stereocenters. The van der Waals surface area contributed by atoms with Crippen LogP contribution in [0.5, 0.6) is 0 Å². The Labute approximate surface area is 72.3 Å². The summed E-state index contributed by atoms with van der Waals surface area (Å²) >= 11 is 0. The number of anilines is 1. The highest BCUT2D eigenvalue weighted by molar-refractivity contribution is 7.70. The van der Waals surface area contributed by atoms with Gasteiger partial charge in [0.05, 0.1) is 5.69 Å². The second-order valence-corrected chi connectivity index (χ2v) is 6.20. The van der Waals surface area contributed by atoms with E-state index in [4.69, 9.17) is 5.84 Å². The lowest BCUT2D eigenvalue weighted by molar-refractivity contribution is 0.588. The average Bonchev–Trinajstić information content (AvgIpc) is 2.03. The molecule has 0 heterocycles. The maximum absolute atomic E-state index is 11.7. The molecule has 0 atom stereocenters. The molecule has 1 aromatic rings. The van der Waals surface area contributed by atoms with Gasteiger partial charge in [0.25, 0.3) is 0 Å². The van der Waals surface area contributed by atoms with Crippen LogP contribution in [0.15, 0.2) is 24.3 Å². The number of hydrogen-bond acceptors (Lipinski definition) is 3. The van der Waals surface area contributed by atoms with Crippen molar-refractivity contribution in [2.45, 2.75) is 0 Å². The maximum atomic E-state index is 11.7. The van der Waals surface area contributed by atoms with Crippen LogP contribution in [0.4, 0.5) is 5.69 Å². The van der Waals surface area contributed by atoms with Crippen molar-refractivity contribution in [2.75, 3.05) is 18.8 Å². The van der Waals surface area contributed by atoms with Crippen molar-refractivity contribution < 1.29 is 4.57 Å². The van der Waals surface area contributed by atoms with Crippen LogP contribution < -0.4 is 16.6 Å². The minimum absolute atomic E-state index is 0.742. The molecule has 0 aliphatic carbocycles. The zero-order valence-corrected chi connectivity index (χ0v) is 8.14. The van der Waals surface area contributed by atoms with Crippen LogP contribution in [0.2, 0.25) is 0 Å². The Morgan fingerprint density at radius 1 is 1.33 bits per heavy atom. The Hall–Kier alpha value is -0.790. The summed E-state index contributed by atoms with van der Waals surface area (Å²) in [5, 5.41) is 0.799. The number of hydrazine groups is 1. The van der Waals surface area contributed by atoms with Gasteiger partial charge < -0.3 is 9.99 Å². The van der Waals surface area contributed by atoms with E-state index in [2.05, 4.69) is 5.43 Å². The van der Waals surface area contributed by atoms with Crippen molar-refractivity contribution in [2.24, 2.45) is 5.84 Å². The van der Waals surface area contributed by atoms with Gasteiger partial charge in [-0.1, -0.05) is 12.1 Å². The predicted octanol–water partition coefficient (Wildman–Crippen LogP) is 1.22. The third-order valence-corrected chi connectivity index (χ3v) is 3.19. The van der Waals surface area contributed by atoms with Gasteiger partial charge in [0.2, 0.25) is 0 Å². The Balaban J connectivity index is 3.23. The van der Waals surface area contributed by atoms with Gasteiger partial charge in [-0.2, -0.15) is 0 Å². The van der Waals surface area contributed by atoms with Gasteiger partial charge in [-0.15, -0.1) is 0 Å². The van der Waals surface area contributed by atoms with Crippen molar-refractivity contribution >= 4 is 18.1 Å². The maximum Gasteiger partial charge on any atom is 0.111 e. The Morgan fingerprint density at radius 2 is 1.92 bits per heavy atom. The normalized spacial score (nSPS) is 11.2. The lowest BCUT2D eigenvalue weighted by Gasteiger charge is -2.11. The Kier molecular flexibility index (Phi) is 2.55. The quantitative estimate of drug-likeness (QED) is 0.413. The van der Waals surface area contributed by atoms with Crippen molar-refractivity contribution in [3.05, 3.63) is 24.3 Å². The third kappa shape index (κ3) is 1.87. The lowest BCUT2D eigenvalue weighted by atomic mass is 10.3. The highest BCUT2D eigenvalue weighted by Crippen LogP contribution is 2.37. The second-order valence-electron chi connectivity index (χ2n) is 3.01. The van der Waals surface area contributed by atoms with Crippen LogP contribution in [0.25, 0.3) is 0 Å². The summed E-state index contributed by atoms with van der Waals surface area (Å²) in [5.41, 5.74) is 3.27. The smallest absolute Gasteiger partial charge is 0.111 e. The van der Waals surface area contributed by atoms with E-state index >= 15 is 0 Å². The number of nitrogens with two attached hydrogens (primary N) is 1. The minimum atomic E-state index is -2.21. The standard InChI is InChI=1S/C8H13N2OP/c1-12(2,11)8-6-4-3-5-7(8)10-9/h3-6,10H,9H2,1-2H3. The van der Waals surface area contributed by atoms with Crippen LogP contribution in [0.3, 0.4) is 0 Å². The monoisotopic (exact) mass is 184 g/mol. The van der Waals surface area contributed by atoms with Crippen LogP contribution in [-0.2, 0) is 4.57 Å². The van der Waals surface area contributed by atoms with Gasteiger partial charge in [0, 0.05) is 5.30 Å². The number of hydrogen-bond donors (Lipinski definition) is 2. The van der Waals surface area contributed by atoms with E-state index in [1.54, 1.807) is 13.3 Å². The number of benzene rings is 1. The predicted molar refractivity (Wildman–Crippen MR) is 53.3 cm³/mol. The fourth-order valence-electron chi connectivity index (χ4n) is 1.07. The summed E-state index contributed by atoms with van der Waals surface area (Å²) in [5.74, 6) is 5.28. The average molecular weight is 184 g/mol. The summed E-state index contributed by atoms with van der Waals surface area (Å²) in [6, 6.07) is 7.36. The van der Waals surface area contributed by atoms with E-state index in [1.807, 2.05) is 24.3 Å². The SMILES string of the molecule is CP(C)(=O)c1ccccc1NN. The highest BCUT2D eigenvalue weighted by atomic mass is 31.2. The number of para-hydroxylation sites is 1. The summed E-state index contributed by atoms with van der Waals surface area (Å²) in [6.07, 6.45) is 0. The van der Waals surface area contributed by atoms with Crippen molar-refractivity contribution in [1.29, 1.82) is 0 Å². The molecular weight excluding hydrogens is 171 g/mol. The molecule has 0 fully saturated rings. The van der Waals surface area contributed by atoms with E-state index in [1.165, 1.54) is 0 Å². The first-order valence-corrected chi connectivity index (χ1v) is 6.27. The van der Waals surface area contributed by atoms with Crippen molar-refractivity contribution in [1.82, 2.24) is 0 Å². The van der Waals surface area contributed by atoms with Crippen LogP contribution in [-0.4, -0.2) is 13.3 Å². The summed E-state index contributed by atoms with van der Waals surface area (Å²) in [7, 11) is -2.21. The van der Waals surface area contributed by atoms with Gasteiger partial charge in [0.15, 0.2) is 0 Å². The molecule has 3 nitrogen and oxygen atoms in total. The molecule has 1 rings (SSSR count). The van der Waals surface area contributed by atoms with Crippen LogP contribution >= 0.6 is 7.14 Å². The molecule has 0 saturated heterocycles. The summed E-state index contributed by atoms with van der Waals surface area (Å²) < 4.78 is 11.7. The highest BCUT2D eigenvalue weighted by Gasteiger charge is 2.14. The van der Waals surface area contributed by atoms with E-state index in [9.17, 15) is 4.57 Å². The van der Waals surface area contributed by atoms with E-state index in [0.717, 1.165) is 11.0 Å². The van der Waals surface area contributed by atoms with Crippen molar-refractivity contribution in [3.8, 4) is 0 Å². The number of nitrogen functional groups attached to an aromatic ring is 1. The van der Waals surface area contributed by atoms with Gasteiger partial charge in [0.1, 0.15) is 7.14 Å². The van der Waals surface area contributed by atoms with Gasteiger partial charge in [-0.25, -0.2) is 0 Å². The zero-order chi connectivity index (χ0) is 9.19. The molecule has 0 aliphatic rings. The van der Waals surface area contributed by atoms with E-state index in [-0.39, 0.29) is 0 Å². The molecular formula is C8H13N2OP. The van der Waals surface area contributed by atoms with Gasteiger partial charge >= 0.3 is 0 Å². The molecule has 4 heteroatoms. The van der Waals surface area contributed by atoms with Crippen molar-refractivity contribution in [3.63, 3.8) is 0 Å². The topological polar surface area (TPSA) is 55.1 Å². The van der Waals surface area contributed by atoms with Gasteiger partial charge in [-0.3, -0.25) is 5.84 Å². The molecule has 66 valence electrons. The Morgan fingerprint density at radius 3 is 2.33 bits per heavy atom.